The van der Waals surface area contributed by atoms with Crippen molar-refractivity contribution in [2.45, 2.75) is 0 Å². The van der Waals surface area contributed by atoms with E-state index in [-0.39, 0.29) is 0 Å². The highest BCUT2D eigenvalue weighted by atomic mass is 32.1. The Morgan fingerprint density at radius 3 is 1.37 bits per heavy atom. The molecule has 282 valence electrons. The number of nitrogens with zero attached hydrogens (tertiary/aromatic N) is 1. The second-order valence-corrected chi connectivity index (χ2v) is 16.5. The molecular formula is C58H39NS. The molecule has 0 saturated carbocycles. The third-order valence-corrected chi connectivity index (χ3v) is 12.8. The minimum absolute atomic E-state index is 1.10. The van der Waals surface area contributed by atoms with Gasteiger partial charge in [0.1, 0.15) is 0 Å². The van der Waals surface area contributed by atoms with Crippen LogP contribution in [0.3, 0.4) is 0 Å². The Kier molecular flexibility index (Phi) is 9.11. The maximum Gasteiger partial charge on any atom is 0.0467 e. The van der Waals surface area contributed by atoms with Gasteiger partial charge in [-0.15, -0.1) is 11.3 Å². The molecule has 0 atom stereocenters. The summed E-state index contributed by atoms with van der Waals surface area (Å²) in [6.07, 6.45) is 0. The highest BCUT2D eigenvalue weighted by Gasteiger charge is 2.16. The maximum atomic E-state index is 2.37. The average Bonchev–Trinajstić information content (AvgIpc) is 3.70. The van der Waals surface area contributed by atoms with Gasteiger partial charge in [-0.05, 0) is 139 Å². The Balaban J connectivity index is 0.966. The molecule has 11 rings (SSSR count). The fourth-order valence-electron chi connectivity index (χ4n) is 8.54. The van der Waals surface area contributed by atoms with Crippen LogP contribution in [0.1, 0.15) is 0 Å². The summed E-state index contributed by atoms with van der Waals surface area (Å²) in [5.41, 5.74) is 15.3. The van der Waals surface area contributed by atoms with Crippen molar-refractivity contribution in [3.63, 3.8) is 0 Å². The van der Waals surface area contributed by atoms with E-state index in [9.17, 15) is 0 Å². The third kappa shape index (κ3) is 6.83. The van der Waals surface area contributed by atoms with Crippen molar-refractivity contribution in [2.24, 2.45) is 0 Å². The van der Waals surface area contributed by atoms with Gasteiger partial charge in [-0.1, -0.05) is 164 Å². The first-order chi connectivity index (χ1) is 29.7. The zero-order chi connectivity index (χ0) is 39.8. The molecule has 0 bridgehead atoms. The molecule has 0 saturated heterocycles. The summed E-state index contributed by atoms with van der Waals surface area (Å²) < 4.78 is 2.65. The highest BCUT2D eigenvalue weighted by Crippen LogP contribution is 2.41. The van der Waals surface area contributed by atoms with Crippen LogP contribution < -0.4 is 4.90 Å². The van der Waals surface area contributed by atoms with Crippen molar-refractivity contribution in [2.75, 3.05) is 4.90 Å². The van der Waals surface area contributed by atoms with Crippen LogP contribution in [0.4, 0.5) is 17.1 Å². The van der Waals surface area contributed by atoms with E-state index in [2.05, 4.69) is 241 Å². The van der Waals surface area contributed by atoms with Crippen molar-refractivity contribution >= 4 is 59.3 Å². The van der Waals surface area contributed by atoms with Gasteiger partial charge in [-0.2, -0.15) is 0 Å². The quantitative estimate of drug-likeness (QED) is 0.148. The van der Waals surface area contributed by atoms with Crippen molar-refractivity contribution in [3.05, 3.63) is 237 Å². The summed E-state index contributed by atoms with van der Waals surface area (Å²) in [5, 5.41) is 5.14. The first-order valence-corrected chi connectivity index (χ1v) is 21.3. The van der Waals surface area contributed by atoms with Gasteiger partial charge in [-0.3, -0.25) is 0 Å². The van der Waals surface area contributed by atoms with Gasteiger partial charge in [0.25, 0.3) is 0 Å². The summed E-state index contributed by atoms with van der Waals surface area (Å²) in [7, 11) is 0. The lowest BCUT2D eigenvalue weighted by Gasteiger charge is -2.26. The van der Waals surface area contributed by atoms with E-state index in [1.807, 2.05) is 11.3 Å². The minimum Gasteiger partial charge on any atom is -0.310 e. The molecule has 0 amide bonds. The SMILES string of the molecule is c1ccc(-c2cccc(-c3cccc(N(c4ccc(-c5cccc(-c6ccc7ccccc7c6)c5)cc4)c4ccc(-c5ccc6sc7ccccc7c6c5)cc4)c3)c2)cc1. The molecule has 10 aromatic carbocycles. The fraction of sp³-hybridized carbons (Fsp3) is 0. The summed E-state index contributed by atoms with van der Waals surface area (Å²) in [4.78, 5) is 2.37. The van der Waals surface area contributed by atoms with Crippen LogP contribution in [-0.2, 0) is 0 Å². The van der Waals surface area contributed by atoms with E-state index >= 15 is 0 Å². The summed E-state index contributed by atoms with van der Waals surface area (Å²) in [6, 6.07) is 86.2. The number of hydrogen-bond acceptors (Lipinski definition) is 2. The largest absolute Gasteiger partial charge is 0.310 e. The summed E-state index contributed by atoms with van der Waals surface area (Å²) >= 11 is 1.86. The molecule has 11 aromatic rings. The Morgan fingerprint density at radius 1 is 0.233 bits per heavy atom. The molecule has 0 aliphatic heterocycles. The minimum atomic E-state index is 1.10. The van der Waals surface area contributed by atoms with Crippen LogP contribution in [0.15, 0.2) is 237 Å². The van der Waals surface area contributed by atoms with Crippen LogP contribution in [0.2, 0.25) is 0 Å². The average molecular weight is 782 g/mol. The molecule has 0 aliphatic carbocycles. The fourth-order valence-corrected chi connectivity index (χ4v) is 9.63. The van der Waals surface area contributed by atoms with E-state index in [0.29, 0.717) is 0 Å². The zero-order valence-electron chi connectivity index (χ0n) is 32.9. The van der Waals surface area contributed by atoms with Gasteiger partial charge in [0, 0.05) is 37.2 Å². The van der Waals surface area contributed by atoms with E-state index in [1.54, 1.807) is 0 Å². The van der Waals surface area contributed by atoms with Crippen molar-refractivity contribution in [3.8, 4) is 55.6 Å². The molecule has 0 unspecified atom stereocenters. The monoisotopic (exact) mass is 781 g/mol. The molecule has 0 aliphatic rings. The number of anilines is 3. The normalized spacial score (nSPS) is 11.3. The first-order valence-electron chi connectivity index (χ1n) is 20.5. The molecule has 2 heteroatoms. The third-order valence-electron chi connectivity index (χ3n) is 11.6. The highest BCUT2D eigenvalue weighted by molar-refractivity contribution is 7.25. The first kappa shape index (κ1) is 35.6. The summed E-state index contributed by atoms with van der Waals surface area (Å²) in [6.45, 7) is 0. The lowest BCUT2D eigenvalue weighted by molar-refractivity contribution is 1.28. The Bertz CT molecular complexity index is 3310. The summed E-state index contributed by atoms with van der Waals surface area (Å²) in [5.74, 6) is 0. The molecule has 0 N–H and O–H groups in total. The van der Waals surface area contributed by atoms with Crippen LogP contribution in [0.5, 0.6) is 0 Å². The van der Waals surface area contributed by atoms with Crippen LogP contribution in [-0.4, -0.2) is 0 Å². The maximum absolute atomic E-state index is 2.37. The second-order valence-electron chi connectivity index (χ2n) is 15.4. The molecule has 60 heavy (non-hydrogen) atoms. The Hall–Kier alpha value is -7.52. The predicted molar refractivity (Wildman–Crippen MR) is 259 cm³/mol. The molecule has 1 aromatic heterocycles. The Morgan fingerprint density at radius 2 is 0.683 bits per heavy atom. The molecule has 0 spiro atoms. The Labute approximate surface area is 354 Å². The van der Waals surface area contributed by atoms with E-state index in [4.69, 9.17) is 0 Å². The van der Waals surface area contributed by atoms with Gasteiger partial charge in [0.05, 0.1) is 0 Å². The van der Waals surface area contributed by atoms with Crippen molar-refractivity contribution in [1.29, 1.82) is 0 Å². The smallest absolute Gasteiger partial charge is 0.0467 e. The zero-order valence-corrected chi connectivity index (χ0v) is 33.7. The number of rotatable bonds is 8. The van der Waals surface area contributed by atoms with Gasteiger partial charge >= 0.3 is 0 Å². The molecule has 1 heterocycles. The molecular weight excluding hydrogens is 743 g/mol. The standard InChI is InChI=1S/C58H39NS/c1-2-11-40(12-3-1)45-15-8-17-47(35-45)49-19-10-20-54(38-49)59(53-32-27-43(28-33-53)51-29-34-58-56(39-51)55-21-6-7-22-57(55)60-58)52-30-25-42(26-31-52)46-16-9-18-48(36-46)50-24-23-41-13-4-5-14-44(41)37-50/h1-39H. The van der Waals surface area contributed by atoms with Gasteiger partial charge in [0.2, 0.25) is 0 Å². The van der Waals surface area contributed by atoms with Crippen LogP contribution in [0, 0.1) is 0 Å². The molecule has 0 radical (unpaired) electrons. The van der Waals surface area contributed by atoms with Crippen molar-refractivity contribution < 1.29 is 0 Å². The second kappa shape index (κ2) is 15.3. The van der Waals surface area contributed by atoms with Gasteiger partial charge < -0.3 is 4.90 Å². The van der Waals surface area contributed by atoms with E-state index < -0.39 is 0 Å². The number of fused-ring (bicyclic) bond motifs is 4. The number of benzene rings is 10. The number of hydrogen-bond donors (Lipinski definition) is 0. The van der Waals surface area contributed by atoms with E-state index in [1.165, 1.54) is 86.6 Å². The number of thiophene rings is 1. The van der Waals surface area contributed by atoms with Gasteiger partial charge in [0.15, 0.2) is 0 Å². The molecule has 1 nitrogen and oxygen atoms in total. The molecule has 0 fully saturated rings. The van der Waals surface area contributed by atoms with Crippen LogP contribution >= 0.6 is 11.3 Å². The lowest BCUT2D eigenvalue weighted by atomic mass is 9.97. The topological polar surface area (TPSA) is 3.24 Å². The van der Waals surface area contributed by atoms with E-state index in [0.717, 1.165) is 17.1 Å². The van der Waals surface area contributed by atoms with Crippen molar-refractivity contribution in [1.82, 2.24) is 0 Å². The lowest BCUT2D eigenvalue weighted by Crippen LogP contribution is -2.10. The van der Waals surface area contributed by atoms with Crippen LogP contribution in [0.25, 0.3) is 86.6 Å². The predicted octanol–water partition coefficient (Wildman–Crippen LogP) is 17.0. The van der Waals surface area contributed by atoms with Gasteiger partial charge in [-0.25, -0.2) is 0 Å².